The summed E-state index contributed by atoms with van der Waals surface area (Å²) in [6.07, 6.45) is 0.209. The predicted octanol–water partition coefficient (Wildman–Crippen LogP) is 3.41. The van der Waals surface area contributed by atoms with E-state index in [1.165, 1.54) is 11.3 Å². The van der Waals surface area contributed by atoms with Crippen molar-refractivity contribution < 1.29 is 14.1 Å². The summed E-state index contributed by atoms with van der Waals surface area (Å²) in [6.45, 7) is 4.04. The second-order valence-electron chi connectivity index (χ2n) is 6.45. The molecule has 8 heteroatoms. The normalized spacial score (nSPS) is 16.7. The first-order valence-corrected chi connectivity index (χ1v) is 9.40. The van der Waals surface area contributed by atoms with E-state index in [0.29, 0.717) is 23.9 Å². The molecule has 4 rings (SSSR count). The van der Waals surface area contributed by atoms with Gasteiger partial charge in [-0.3, -0.25) is 9.59 Å². The zero-order chi connectivity index (χ0) is 19.0. The smallest absolute Gasteiger partial charge is 0.229 e. The van der Waals surface area contributed by atoms with Crippen LogP contribution in [0.1, 0.15) is 17.2 Å². The molecule has 0 aliphatic carbocycles. The molecule has 2 amide bonds. The van der Waals surface area contributed by atoms with Gasteiger partial charge in [-0.05, 0) is 25.1 Å². The van der Waals surface area contributed by atoms with Gasteiger partial charge in [-0.15, -0.1) is 11.3 Å². The number of rotatable bonds is 4. The van der Waals surface area contributed by atoms with Crippen molar-refractivity contribution >= 4 is 34.5 Å². The third-order valence-corrected chi connectivity index (χ3v) is 5.53. The first kappa shape index (κ1) is 17.4. The summed E-state index contributed by atoms with van der Waals surface area (Å²) in [5.74, 6) is 0.428. The molecule has 3 aromatic rings. The maximum absolute atomic E-state index is 12.7. The molecule has 0 spiro atoms. The Balaban J connectivity index is 1.47. The average Bonchev–Trinajstić information content (AvgIpc) is 3.35. The van der Waals surface area contributed by atoms with Gasteiger partial charge in [0.25, 0.3) is 0 Å². The molecule has 1 fully saturated rings. The number of hydrogen-bond donors (Lipinski definition) is 1. The maximum Gasteiger partial charge on any atom is 0.229 e. The van der Waals surface area contributed by atoms with Crippen LogP contribution in [0.5, 0.6) is 0 Å². The van der Waals surface area contributed by atoms with E-state index in [0.717, 1.165) is 15.4 Å². The van der Waals surface area contributed by atoms with Gasteiger partial charge in [0, 0.05) is 30.5 Å². The second kappa shape index (κ2) is 6.96. The van der Waals surface area contributed by atoms with Gasteiger partial charge in [0.15, 0.2) is 0 Å². The van der Waals surface area contributed by atoms with Crippen LogP contribution in [0, 0.1) is 19.8 Å². The number of aromatic nitrogens is 2. The van der Waals surface area contributed by atoms with Crippen LogP contribution in [0.25, 0.3) is 10.7 Å². The van der Waals surface area contributed by atoms with Crippen molar-refractivity contribution in [3.63, 3.8) is 0 Å². The van der Waals surface area contributed by atoms with Crippen molar-refractivity contribution in [2.24, 2.45) is 5.92 Å². The fraction of sp³-hybridized carbons (Fsp3) is 0.263. The van der Waals surface area contributed by atoms with Crippen molar-refractivity contribution in [3.8, 4) is 10.7 Å². The van der Waals surface area contributed by atoms with Crippen LogP contribution in [0.4, 0.5) is 11.4 Å². The highest BCUT2D eigenvalue weighted by atomic mass is 32.1. The van der Waals surface area contributed by atoms with Crippen molar-refractivity contribution in [3.05, 3.63) is 47.2 Å². The van der Waals surface area contributed by atoms with Crippen LogP contribution in [0.3, 0.4) is 0 Å². The summed E-state index contributed by atoms with van der Waals surface area (Å²) in [4.78, 5) is 32.7. The van der Waals surface area contributed by atoms with E-state index >= 15 is 0 Å². The molecule has 3 heterocycles. The summed E-state index contributed by atoms with van der Waals surface area (Å²) in [5, 5.41) is 6.86. The molecule has 7 nitrogen and oxygen atoms in total. The van der Waals surface area contributed by atoms with Crippen LogP contribution < -0.4 is 10.2 Å². The lowest BCUT2D eigenvalue weighted by Crippen LogP contribution is -2.28. The molecule has 27 heavy (non-hydrogen) atoms. The summed E-state index contributed by atoms with van der Waals surface area (Å²) in [7, 11) is 0. The lowest BCUT2D eigenvalue weighted by Gasteiger charge is -2.16. The minimum Gasteiger partial charge on any atom is -0.339 e. The lowest BCUT2D eigenvalue weighted by molar-refractivity contribution is -0.122. The van der Waals surface area contributed by atoms with Gasteiger partial charge in [-0.1, -0.05) is 23.4 Å². The number of carbonyl (C=O) groups excluding carboxylic acids is 2. The van der Waals surface area contributed by atoms with Gasteiger partial charge in [0.05, 0.1) is 16.5 Å². The molecule has 0 radical (unpaired) electrons. The topological polar surface area (TPSA) is 88.3 Å². The molecule has 1 aromatic carbocycles. The summed E-state index contributed by atoms with van der Waals surface area (Å²) in [5.41, 5.74) is 1.53. The van der Waals surface area contributed by atoms with Crippen LogP contribution in [0.2, 0.25) is 0 Å². The molecule has 1 aliphatic heterocycles. The van der Waals surface area contributed by atoms with E-state index < -0.39 is 0 Å². The maximum atomic E-state index is 12.7. The van der Waals surface area contributed by atoms with Crippen LogP contribution >= 0.6 is 11.3 Å². The van der Waals surface area contributed by atoms with Crippen LogP contribution in [-0.2, 0) is 9.59 Å². The molecule has 2 aromatic heterocycles. The monoisotopic (exact) mass is 382 g/mol. The fourth-order valence-corrected chi connectivity index (χ4v) is 3.99. The number of aryl methyl sites for hydroxylation is 2. The standard InChI is InChI=1S/C19H18N4O3S/c1-11-15(9-16(27-11)18-20-12(2)26-22-18)21-19(25)13-8-17(24)23(10-13)14-6-4-3-5-7-14/h3-7,9,13H,8,10H2,1-2H3,(H,21,25). The van der Waals surface area contributed by atoms with E-state index in [1.807, 2.05) is 43.3 Å². The Morgan fingerprint density at radius 2 is 2.07 bits per heavy atom. The zero-order valence-electron chi connectivity index (χ0n) is 14.9. The molecule has 1 aliphatic rings. The molecular weight excluding hydrogens is 364 g/mol. The van der Waals surface area contributed by atoms with E-state index in [-0.39, 0.29) is 24.2 Å². The largest absolute Gasteiger partial charge is 0.339 e. The molecule has 1 unspecified atom stereocenters. The second-order valence-corrected chi connectivity index (χ2v) is 7.70. The number of hydrogen-bond acceptors (Lipinski definition) is 6. The molecule has 0 bridgehead atoms. The van der Waals surface area contributed by atoms with Gasteiger partial charge in [0.1, 0.15) is 0 Å². The van der Waals surface area contributed by atoms with Crippen molar-refractivity contribution in [2.45, 2.75) is 20.3 Å². The molecule has 0 saturated carbocycles. The van der Waals surface area contributed by atoms with Crippen molar-refractivity contribution in [1.82, 2.24) is 10.1 Å². The quantitative estimate of drug-likeness (QED) is 0.747. The van der Waals surface area contributed by atoms with E-state index in [4.69, 9.17) is 4.52 Å². The highest BCUT2D eigenvalue weighted by Gasteiger charge is 2.35. The Kier molecular flexibility index (Phi) is 4.49. The van der Waals surface area contributed by atoms with Gasteiger partial charge in [-0.2, -0.15) is 4.98 Å². The first-order valence-electron chi connectivity index (χ1n) is 8.58. The number of benzene rings is 1. The van der Waals surface area contributed by atoms with Gasteiger partial charge >= 0.3 is 0 Å². The number of nitrogens with one attached hydrogen (secondary N) is 1. The first-order chi connectivity index (χ1) is 13.0. The van der Waals surface area contributed by atoms with Crippen molar-refractivity contribution in [2.75, 3.05) is 16.8 Å². The third-order valence-electron chi connectivity index (χ3n) is 4.49. The Bertz CT molecular complexity index is 996. The summed E-state index contributed by atoms with van der Waals surface area (Å²) in [6, 6.07) is 11.3. The fourth-order valence-electron chi connectivity index (χ4n) is 3.09. The molecule has 1 atom stereocenters. The Morgan fingerprint density at radius 3 is 2.78 bits per heavy atom. The van der Waals surface area contributed by atoms with Gasteiger partial charge in [0.2, 0.25) is 23.5 Å². The highest BCUT2D eigenvalue weighted by Crippen LogP contribution is 2.33. The van der Waals surface area contributed by atoms with Crippen LogP contribution in [0.15, 0.2) is 40.9 Å². The minimum absolute atomic E-state index is 0.0358. The minimum atomic E-state index is -0.382. The highest BCUT2D eigenvalue weighted by molar-refractivity contribution is 7.16. The summed E-state index contributed by atoms with van der Waals surface area (Å²) < 4.78 is 5.01. The zero-order valence-corrected chi connectivity index (χ0v) is 15.7. The Labute approximate surface area is 160 Å². The average molecular weight is 382 g/mol. The number of carbonyl (C=O) groups is 2. The number of nitrogens with zero attached hydrogens (tertiary/aromatic N) is 3. The molecule has 138 valence electrons. The molecule has 1 N–H and O–H groups in total. The SMILES string of the molecule is Cc1nc(-c2cc(NC(=O)C3CC(=O)N(c4ccccc4)C3)c(C)s2)no1. The predicted molar refractivity (Wildman–Crippen MR) is 103 cm³/mol. The number of anilines is 2. The van der Waals surface area contributed by atoms with E-state index in [1.54, 1.807) is 11.8 Å². The molecular formula is C19H18N4O3S. The Morgan fingerprint density at radius 1 is 1.30 bits per heavy atom. The Hall–Kier alpha value is -3.00. The van der Waals surface area contributed by atoms with Gasteiger partial charge < -0.3 is 14.7 Å². The van der Waals surface area contributed by atoms with Gasteiger partial charge in [-0.25, -0.2) is 0 Å². The third kappa shape index (κ3) is 3.48. The lowest BCUT2D eigenvalue weighted by atomic mass is 10.1. The molecule has 1 saturated heterocycles. The van der Waals surface area contributed by atoms with Crippen LogP contribution in [-0.4, -0.2) is 28.5 Å². The number of amides is 2. The number of para-hydroxylation sites is 1. The summed E-state index contributed by atoms with van der Waals surface area (Å²) >= 11 is 1.49. The number of thiophene rings is 1. The van der Waals surface area contributed by atoms with E-state index in [2.05, 4.69) is 15.5 Å². The van der Waals surface area contributed by atoms with Crippen molar-refractivity contribution in [1.29, 1.82) is 0 Å². The van der Waals surface area contributed by atoms with E-state index in [9.17, 15) is 9.59 Å².